The number of aromatic nitrogens is 2. The van der Waals surface area contributed by atoms with E-state index in [1.165, 1.54) is 30.5 Å². The van der Waals surface area contributed by atoms with Crippen molar-refractivity contribution < 1.29 is 13.9 Å². The Morgan fingerprint density at radius 2 is 1.71 bits per heavy atom. The normalized spacial score (nSPS) is 23.8. The fraction of sp³-hybridized carbons (Fsp3) is 0.435. The van der Waals surface area contributed by atoms with Gasteiger partial charge in [-0.15, -0.1) is 0 Å². The van der Waals surface area contributed by atoms with Crippen LogP contribution in [0.4, 0.5) is 8.78 Å². The summed E-state index contributed by atoms with van der Waals surface area (Å²) in [6, 6.07) is 6.37. The van der Waals surface area contributed by atoms with Crippen molar-refractivity contribution in [1.29, 1.82) is 0 Å². The van der Waals surface area contributed by atoms with Gasteiger partial charge in [-0.1, -0.05) is 6.07 Å². The second kappa shape index (κ2) is 6.96. The highest BCUT2D eigenvalue weighted by atomic mass is 19.2. The van der Waals surface area contributed by atoms with Crippen LogP contribution in [0.3, 0.4) is 0 Å². The van der Waals surface area contributed by atoms with Crippen molar-refractivity contribution in [2.24, 2.45) is 5.92 Å². The molecule has 1 atom stereocenters. The van der Waals surface area contributed by atoms with E-state index in [0.29, 0.717) is 5.92 Å². The van der Waals surface area contributed by atoms with Gasteiger partial charge >= 0.3 is 0 Å². The standard InChI is InChI=1S/C23H24F2N2O/c24-19-8-7-17(11-20(19)25)14-1-5-16(6-2-14)23(28)22-18(15-3-4-15)9-10-27-13-26-12-21(22)27/h7-16,23,28H,1-6H2/t14?,16?,23-/m1/s1. The van der Waals surface area contributed by atoms with E-state index in [4.69, 9.17) is 0 Å². The summed E-state index contributed by atoms with van der Waals surface area (Å²) in [5.74, 6) is -0.606. The average molecular weight is 382 g/mol. The van der Waals surface area contributed by atoms with Gasteiger partial charge in [-0.05, 0) is 85.6 Å². The molecule has 2 heterocycles. The number of benzene rings is 1. The van der Waals surface area contributed by atoms with Gasteiger partial charge in [0.2, 0.25) is 0 Å². The molecular formula is C23H24F2N2O. The first-order valence-electron chi connectivity index (χ1n) is 10.2. The number of pyridine rings is 1. The van der Waals surface area contributed by atoms with E-state index in [2.05, 4.69) is 11.1 Å². The fourth-order valence-corrected chi connectivity index (χ4v) is 4.87. The summed E-state index contributed by atoms with van der Waals surface area (Å²) in [6.07, 6.45) is 11.0. The van der Waals surface area contributed by atoms with Crippen LogP contribution < -0.4 is 0 Å². The van der Waals surface area contributed by atoms with Gasteiger partial charge < -0.3 is 9.51 Å². The first kappa shape index (κ1) is 17.8. The quantitative estimate of drug-likeness (QED) is 0.647. The summed E-state index contributed by atoms with van der Waals surface area (Å²) in [5.41, 5.74) is 4.17. The molecular weight excluding hydrogens is 358 g/mol. The number of aliphatic hydroxyl groups is 1. The molecule has 2 saturated carbocycles. The highest BCUT2D eigenvalue weighted by molar-refractivity contribution is 5.59. The third kappa shape index (κ3) is 3.12. The van der Waals surface area contributed by atoms with Crippen LogP contribution in [0.15, 0.2) is 43.0 Å². The first-order chi connectivity index (χ1) is 13.6. The Kier molecular flexibility index (Phi) is 4.43. The van der Waals surface area contributed by atoms with Gasteiger partial charge in [-0.2, -0.15) is 0 Å². The van der Waals surface area contributed by atoms with Crippen molar-refractivity contribution >= 4 is 5.52 Å². The van der Waals surface area contributed by atoms with Gasteiger partial charge in [0.15, 0.2) is 11.6 Å². The molecule has 0 radical (unpaired) electrons. The summed E-state index contributed by atoms with van der Waals surface area (Å²) in [5, 5.41) is 11.3. The van der Waals surface area contributed by atoms with Crippen molar-refractivity contribution in [3.63, 3.8) is 0 Å². The molecule has 2 aromatic heterocycles. The molecule has 2 aliphatic carbocycles. The lowest BCUT2D eigenvalue weighted by atomic mass is 9.75. The predicted octanol–water partition coefficient (Wildman–Crippen LogP) is 5.50. The number of hydrogen-bond donors (Lipinski definition) is 1. The molecule has 0 saturated heterocycles. The summed E-state index contributed by atoms with van der Waals surface area (Å²) in [6.45, 7) is 0. The minimum atomic E-state index is -0.797. The third-order valence-electron chi connectivity index (χ3n) is 6.61. The summed E-state index contributed by atoms with van der Waals surface area (Å²) < 4.78 is 28.8. The average Bonchev–Trinajstić information content (AvgIpc) is 3.45. The van der Waals surface area contributed by atoms with Crippen molar-refractivity contribution in [1.82, 2.24) is 9.38 Å². The van der Waals surface area contributed by atoms with Gasteiger partial charge in [-0.25, -0.2) is 13.8 Å². The number of imidazole rings is 1. The molecule has 3 nitrogen and oxygen atoms in total. The maximum Gasteiger partial charge on any atom is 0.159 e. The Morgan fingerprint density at radius 3 is 2.43 bits per heavy atom. The van der Waals surface area contributed by atoms with E-state index in [1.807, 2.05) is 16.8 Å². The fourth-order valence-electron chi connectivity index (χ4n) is 4.87. The molecule has 0 amide bonds. The highest BCUT2D eigenvalue weighted by Gasteiger charge is 2.34. The molecule has 2 aliphatic rings. The predicted molar refractivity (Wildman–Crippen MR) is 103 cm³/mol. The second-order valence-electron chi connectivity index (χ2n) is 8.38. The molecule has 146 valence electrons. The Morgan fingerprint density at radius 1 is 0.964 bits per heavy atom. The lowest BCUT2D eigenvalue weighted by molar-refractivity contribution is 0.0810. The number of nitrogens with zero attached hydrogens (tertiary/aromatic N) is 2. The van der Waals surface area contributed by atoms with Crippen LogP contribution >= 0.6 is 0 Å². The summed E-state index contributed by atoms with van der Waals surface area (Å²) in [4.78, 5) is 4.26. The minimum absolute atomic E-state index is 0.181. The molecule has 1 N–H and O–H groups in total. The second-order valence-corrected chi connectivity index (χ2v) is 8.38. The molecule has 0 bridgehead atoms. The van der Waals surface area contributed by atoms with Crippen LogP contribution in [0.2, 0.25) is 0 Å². The largest absolute Gasteiger partial charge is 0.388 e. The zero-order valence-electron chi connectivity index (χ0n) is 15.7. The lowest BCUT2D eigenvalue weighted by Gasteiger charge is -2.33. The van der Waals surface area contributed by atoms with E-state index in [1.54, 1.807) is 12.4 Å². The Labute approximate surface area is 163 Å². The smallest absolute Gasteiger partial charge is 0.159 e. The molecule has 0 unspecified atom stereocenters. The zero-order valence-corrected chi connectivity index (χ0v) is 15.7. The van der Waals surface area contributed by atoms with Crippen LogP contribution in [-0.4, -0.2) is 14.5 Å². The number of aliphatic hydroxyl groups excluding tert-OH is 1. The van der Waals surface area contributed by atoms with Crippen molar-refractivity contribution in [2.75, 3.05) is 0 Å². The Hall–Kier alpha value is -2.27. The Balaban J connectivity index is 1.37. The molecule has 28 heavy (non-hydrogen) atoms. The van der Waals surface area contributed by atoms with Crippen LogP contribution in [0, 0.1) is 17.6 Å². The molecule has 5 heteroatoms. The van der Waals surface area contributed by atoms with Gasteiger partial charge in [0.05, 0.1) is 24.1 Å². The van der Waals surface area contributed by atoms with Gasteiger partial charge in [-0.3, -0.25) is 0 Å². The van der Waals surface area contributed by atoms with Crippen molar-refractivity contribution in [3.8, 4) is 0 Å². The zero-order chi connectivity index (χ0) is 19.3. The number of rotatable bonds is 4. The van der Waals surface area contributed by atoms with Crippen molar-refractivity contribution in [3.05, 3.63) is 71.3 Å². The highest BCUT2D eigenvalue weighted by Crippen LogP contribution is 2.48. The van der Waals surface area contributed by atoms with Crippen LogP contribution in [0.5, 0.6) is 0 Å². The minimum Gasteiger partial charge on any atom is -0.388 e. The molecule has 2 fully saturated rings. The van der Waals surface area contributed by atoms with E-state index in [9.17, 15) is 13.9 Å². The van der Waals surface area contributed by atoms with E-state index < -0.39 is 17.7 Å². The van der Waals surface area contributed by atoms with Crippen LogP contribution in [0.25, 0.3) is 5.52 Å². The summed E-state index contributed by atoms with van der Waals surface area (Å²) >= 11 is 0. The SMILES string of the molecule is O[C@@H](c1c(C2CC2)ccn2cncc12)C1CCC(c2ccc(F)c(F)c2)CC1. The van der Waals surface area contributed by atoms with Gasteiger partial charge in [0.1, 0.15) is 0 Å². The number of halogens is 2. The third-order valence-corrected chi connectivity index (χ3v) is 6.61. The number of fused-ring (bicyclic) bond motifs is 1. The molecule has 0 aliphatic heterocycles. The Bertz CT molecular complexity index is 1000. The topological polar surface area (TPSA) is 37.5 Å². The van der Waals surface area contributed by atoms with E-state index >= 15 is 0 Å². The number of hydrogen-bond acceptors (Lipinski definition) is 2. The monoisotopic (exact) mass is 382 g/mol. The summed E-state index contributed by atoms with van der Waals surface area (Å²) in [7, 11) is 0. The molecule has 0 spiro atoms. The molecule has 5 rings (SSSR count). The first-order valence-corrected chi connectivity index (χ1v) is 10.2. The van der Waals surface area contributed by atoms with Crippen LogP contribution in [0.1, 0.15) is 73.2 Å². The molecule has 3 aromatic rings. The maximum absolute atomic E-state index is 13.6. The maximum atomic E-state index is 13.6. The van der Waals surface area contributed by atoms with Crippen molar-refractivity contribution in [2.45, 2.75) is 56.5 Å². The van der Waals surface area contributed by atoms with Crippen LogP contribution in [-0.2, 0) is 0 Å². The van der Waals surface area contributed by atoms with E-state index in [0.717, 1.165) is 42.3 Å². The molecule has 1 aromatic carbocycles. The van der Waals surface area contributed by atoms with Gasteiger partial charge in [0, 0.05) is 11.8 Å². The van der Waals surface area contributed by atoms with Gasteiger partial charge in [0.25, 0.3) is 0 Å². The lowest BCUT2D eigenvalue weighted by Crippen LogP contribution is -2.21. The van der Waals surface area contributed by atoms with E-state index in [-0.39, 0.29) is 11.8 Å².